The zero-order chi connectivity index (χ0) is 19.6. The summed E-state index contributed by atoms with van der Waals surface area (Å²) in [6.07, 6.45) is 2.76. The van der Waals surface area contributed by atoms with E-state index in [2.05, 4.69) is 22.9 Å². The van der Waals surface area contributed by atoms with E-state index in [0.29, 0.717) is 34.6 Å². The summed E-state index contributed by atoms with van der Waals surface area (Å²) in [5.74, 6) is 0.00645. The van der Waals surface area contributed by atoms with Crippen molar-refractivity contribution < 1.29 is 23.8 Å². The summed E-state index contributed by atoms with van der Waals surface area (Å²) in [6, 6.07) is 11.4. The Morgan fingerprint density at radius 2 is 1.70 bits per heavy atom. The van der Waals surface area contributed by atoms with Crippen LogP contribution in [-0.2, 0) is 4.74 Å². The maximum Gasteiger partial charge on any atom is 0.343 e. The first-order valence-electron chi connectivity index (χ1n) is 8.96. The second-order valence-corrected chi connectivity index (χ2v) is 6.75. The van der Waals surface area contributed by atoms with E-state index in [1.165, 1.54) is 6.07 Å². The van der Waals surface area contributed by atoms with Crippen molar-refractivity contribution in [2.45, 2.75) is 33.1 Å². The quantitative estimate of drug-likeness (QED) is 0.299. The molecule has 6 heteroatoms. The summed E-state index contributed by atoms with van der Waals surface area (Å²) in [5.41, 5.74) is 0.721. The number of benzene rings is 2. The van der Waals surface area contributed by atoms with Gasteiger partial charge in [0.1, 0.15) is 11.5 Å². The Kier molecular flexibility index (Phi) is 8.33. The van der Waals surface area contributed by atoms with E-state index in [9.17, 15) is 9.59 Å². The fourth-order valence-corrected chi connectivity index (χ4v) is 2.70. The van der Waals surface area contributed by atoms with Crippen molar-refractivity contribution in [3.05, 3.63) is 58.1 Å². The number of rotatable bonds is 9. The molecule has 0 N–H and O–H groups in total. The van der Waals surface area contributed by atoms with Crippen molar-refractivity contribution in [2.75, 3.05) is 13.2 Å². The SMILES string of the molecule is CCCCOc1ccc(C(=O)Oc2cccc(C(=O)OCCC)c2)cc1Br. The standard InChI is InChI=1S/C21H23BrO5/c1-3-5-12-25-19-10-9-16(14-18(19)22)21(24)27-17-8-6-7-15(13-17)20(23)26-11-4-2/h6-10,13-14H,3-5,11-12H2,1-2H3. The molecule has 0 aromatic heterocycles. The molecule has 0 aliphatic carbocycles. The minimum atomic E-state index is -0.519. The molecule has 0 radical (unpaired) electrons. The average molecular weight is 435 g/mol. The lowest BCUT2D eigenvalue weighted by Crippen LogP contribution is -2.10. The molecule has 2 aromatic carbocycles. The Morgan fingerprint density at radius 3 is 2.41 bits per heavy atom. The lowest BCUT2D eigenvalue weighted by atomic mass is 10.2. The molecule has 0 atom stereocenters. The van der Waals surface area contributed by atoms with Crippen molar-refractivity contribution in [3.8, 4) is 11.5 Å². The highest BCUT2D eigenvalue weighted by Crippen LogP contribution is 2.27. The minimum Gasteiger partial charge on any atom is -0.492 e. The number of esters is 2. The third-order valence-electron chi connectivity index (χ3n) is 3.64. The van der Waals surface area contributed by atoms with Gasteiger partial charge in [0.05, 0.1) is 28.8 Å². The van der Waals surface area contributed by atoms with Crippen LogP contribution in [0.2, 0.25) is 0 Å². The van der Waals surface area contributed by atoms with E-state index in [1.807, 2.05) is 6.92 Å². The van der Waals surface area contributed by atoms with Gasteiger partial charge in [-0.1, -0.05) is 26.3 Å². The fourth-order valence-electron chi connectivity index (χ4n) is 2.20. The van der Waals surface area contributed by atoms with Crippen LogP contribution in [0.1, 0.15) is 53.8 Å². The summed E-state index contributed by atoms with van der Waals surface area (Å²) in [7, 11) is 0. The van der Waals surface area contributed by atoms with Crippen LogP contribution >= 0.6 is 15.9 Å². The predicted molar refractivity (Wildman–Crippen MR) is 107 cm³/mol. The average Bonchev–Trinajstić information content (AvgIpc) is 2.67. The van der Waals surface area contributed by atoms with Gasteiger partial charge in [0.2, 0.25) is 0 Å². The normalized spacial score (nSPS) is 10.3. The van der Waals surface area contributed by atoms with Gasteiger partial charge >= 0.3 is 11.9 Å². The van der Waals surface area contributed by atoms with E-state index in [4.69, 9.17) is 14.2 Å². The van der Waals surface area contributed by atoms with E-state index in [0.717, 1.165) is 19.3 Å². The molecule has 0 saturated carbocycles. The number of ether oxygens (including phenoxy) is 3. The number of halogens is 1. The second kappa shape index (κ2) is 10.7. The molecule has 0 saturated heterocycles. The van der Waals surface area contributed by atoms with Crippen LogP contribution in [0, 0.1) is 0 Å². The highest BCUT2D eigenvalue weighted by molar-refractivity contribution is 9.10. The molecule has 2 aromatic rings. The highest BCUT2D eigenvalue weighted by atomic mass is 79.9. The van der Waals surface area contributed by atoms with Crippen molar-refractivity contribution in [1.82, 2.24) is 0 Å². The van der Waals surface area contributed by atoms with Crippen LogP contribution in [0.5, 0.6) is 11.5 Å². The fraction of sp³-hybridized carbons (Fsp3) is 0.333. The minimum absolute atomic E-state index is 0.283. The Bertz CT molecular complexity index is 788. The molecule has 0 aliphatic heterocycles. The van der Waals surface area contributed by atoms with Crippen LogP contribution in [-0.4, -0.2) is 25.2 Å². The second-order valence-electron chi connectivity index (χ2n) is 5.90. The van der Waals surface area contributed by atoms with E-state index >= 15 is 0 Å². The molecular formula is C21H23BrO5. The molecule has 0 aliphatic rings. The van der Waals surface area contributed by atoms with Gasteiger partial charge in [-0.05, 0) is 65.2 Å². The van der Waals surface area contributed by atoms with Gasteiger partial charge in [-0.2, -0.15) is 0 Å². The lowest BCUT2D eigenvalue weighted by molar-refractivity contribution is 0.0503. The van der Waals surface area contributed by atoms with Gasteiger partial charge in [0.25, 0.3) is 0 Å². The van der Waals surface area contributed by atoms with Gasteiger partial charge < -0.3 is 14.2 Å². The molecule has 0 bridgehead atoms. The molecule has 0 amide bonds. The van der Waals surface area contributed by atoms with Crippen LogP contribution in [0.15, 0.2) is 46.9 Å². The summed E-state index contributed by atoms with van der Waals surface area (Å²) >= 11 is 3.41. The third-order valence-corrected chi connectivity index (χ3v) is 4.26. The molecule has 0 unspecified atom stereocenters. The zero-order valence-corrected chi connectivity index (χ0v) is 17.1. The van der Waals surface area contributed by atoms with Crippen molar-refractivity contribution >= 4 is 27.9 Å². The first kappa shape index (κ1) is 21.0. The summed E-state index contributed by atoms with van der Waals surface area (Å²) < 4.78 is 16.8. The molecule has 2 rings (SSSR count). The number of hydrogen-bond acceptors (Lipinski definition) is 5. The molecule has 5 nitrogen and oxygen atoms in total. The van der Waals surface area contributed by atoms with Crippen molar-refractivity contribution in [1.29, 1.82) is 0 Å². The molecule has 0 fully saturated rings. The monoisotopic (exact) mass is 434 g/mol. The molecule has 0 heterocycles. The topological polar surface area (TPSA) is 61.8 Å². The van der Waals surface area contributed by atoms with E-state index < -0.39 is 11.9 Å². The van der Waals surface area contributed by atoms with Gasteiger partial charge in [-0.15, -0.1) is 0 Å². The first-order valence-corrected chi connectivity index (χ1v) is 9.76. The van der Waals surface area contributed by atoms with Crippen molar-refractivity contribution in [2.24, 2.45) is 0 Å². The number of carbonyl (C=O) groups excluding carboxylic acids is 2. The lowest BCUT2D eigenvalue weighted by Gasteiger charge is -2.10. The van der Waals surface area contributed by atoms with E-state index in [1.54, 1.807) is 36.4 Å². The summed E-state index contributed by atoms with van der Waals surface area (Å²) in [4.78, 5) is 24.3. The van der Waals surface area contributed by atoms with Crippen LogP contribution in [0.25, 0.3) is 0 Å². The Labute approximate surface area is 167 Å². The van der Waals surface area contributed by atoms with Gasteiger partial charge in [-0.25, -0.2) is 9.59 Å². The van der Waals surface area contributed by atoms with Gasteiger partial charge in [0.15, 0.2) is 0 Å². The van der Waals surface area contributed by atoms with Crippen molar-refractivity contribution in [3.63, 3.8) is 0 Å². The predicted octanol–water partition coefficient (Wildman–Crippen LogP) is 5.41. The smallest absolute Gasteiger partial charge is 0.343 e. The largest absolute Gasteiger partial charge is 0.492 e. The van der Waals surface area contributed by atoms with Crippen LogP contribution in [0.3, 0.4) is 0 Å². The Balaban J connectivity index is 2.04. The van der Waals surface area contributed by atoms with E-state index in [-0.39, 0.29) is 5.75 Å². The van der Waals surface area contributed by atoms with Gasteiger partial charge in [-0.3, -0.25) is 0 Å². The third kappa shape index (κ3) is 6.40. The molecule has 0 spiro atoms. The Morgan fingerprint density at radius 1 is 0.926 bits per heavy atom. The van der Waals surface area contributed by atoms with Crippen LogP contribution < -0.4 is 9.47 Å². The summed E-state index contributed by atoms with van der Waals surface area (Å²) in [5, 5.41) is 0. The number of hydrogen-bond donors (Lipinski definition) is 0. The maximum atomic E-state index is 12.4. The van der Waals surface area contributed by atoms with Gasteiger partial charge in [0, 0.05) is 0 Å². The zero-order valence-electron chi connectivity index (χ0n) is 15.5. The molecular weight excluding hydrogens is 412 g/mol. The molecule has 144 valence electrons. The summed E-state index contributed by atoms with van der Waals surface area (Å²) in [6.45, 7) is 4.99. The Hall–Kier alpha value is -2.34. The number of unbranched alkanes of at least 4 members (excludes halogenated alkanes) is 1. The maximum absolute atomic E-state index is 12.4. The molecule has 27 heavy (non-hydrogen) atoms. The first-order chi connectivity index (χ1) is 13.0. The van der Waals surface area contributed by atoms with Crippen LogP contribution in [0.4, 0.5) is 0 Å². The number of carbonyl (C=O) groups is 2. The highest BCUT2D eigenvalue weighted by Gasteiger charge is 2.14.